The Morgan fingerprint density at radius 1 is 0.868 bits per heavy atom. The van der Waals surface area contributed by atoms with Gasteiger partial charge in [-0.1, -0.05) is 40.2 Å². The molecule has 5 aromatic rings. The second-order valence-corrected chi connectivity index (χ2v) is 11.3. The number of Topliss-reactive ketones (excluding diaryl/α,β-unsaturated/α-hetero) is 1. The second kappa shape index (κ2) is 11.1. The van der Waals surface area contributed by atoms with E-state index < -0.39 is 0 Å². The third kappa shape index (κ3) is 5.11. The second-order valence-electron chi connectivity index (χ2n) is 9.21. The monoisotopic (exact) mass is 582 g/mol. The zero-order valence-electron chi connectivity index (χ0n) is 21.3. The largest absolute Gasteiger partial charge is 0.341 e. The summed E-state index contributed by atoms with van der Waals surface area (Å²) in [4.78, 5) is 27.6. The predicted octanol–water partition coefficient (Wildman–Crippen LogP) is 8.50. The van der Waals surface area contributed by atoms with Crippen LogP contribution < -0.4 is 0 Å². The predicted molar refractivity (Wildman–Crippen MR) is 161 cm³/mol. The number of aromatic nitrogens is 1. The maximum Gasteiger partial charge on any atom is 0.206 e. The average Bonchev–Trinajstić information content (AvgIpc) is 3.25. The van der Waals surface area contributed by atoms with Crippen molar-refractivity contribution in [3.63, 3.8) is 0 Å². The van der Waals surface area contributed by atoms with Gasteiger partial charge in [-0.15, -0.1) is 11.8 Å². The van der Waals surface area contributed by atoms with Gasteiger partial charge in [0.2, 0.25) is 5.78 Å². The molecule has 0 spiro atoms. The molecular weight excluding hydrogens is 556 g/mol. The number of rotatable bonds is 9. The van der Waals surface area contributed by atoms with Crippen LogP contribution in [0.5, 0.6) is 0 Å². The summed E-state index contributed by atoms with van der Waals surface area (Å²) in [7, 11) is 0. The summed E-state index contributed by atoms with van der Waals surface area (Å²) in [6, 6.07) is 27.1. The summed E-state index contributed by atoms with van der Waals surface area (Å²) in [5.74, 6) is 0.390. The zero-order chi connectivity index (χ0) is 26.8. The van der Waals surface area contributed by atoms with E-state index in [0.717, 1.165) is 43.3 Å². The van der Waals surface area contributed by atoms with Crippen molar-refractivity contribution in [1.82, 2.24) is 4.57 Å². The van der Waals surface area contributed by atoms with Crippen LogP contribution in [-0.4, -0.2) is 27.6 Å². The summed E-state index contributed by atoms with van der Waals surface area (Å²) in [5, 5.41) is 10.3. The SMILES string of the molecule is CCn1c2ccc(C(=O)C(=N)CCSc3ccc(Br)cc3)cc2c2cc(C(=O)c3ccccc3C)ccc21. The molecule has 5 rings (SSSR count). The Labute approximate surface area is 234 Å². The van der Waals surface area contributed by atoms with E-state index in [1.807, 2.05) is 91.9 Å². The van der Waals surface area contributed by atoms with Gasteiger partial charge in [-0.05, 0) is 80.1 Å². The van der Waals surface area contributed by atoms with E-state index in [9.17, 15) is 9.59 Å². The number of aryl methyl sites for hydroxylation is 2. The third-order valence-corrected chi connectivity index (χ3v) is 8.35. The van der Waals surface area contributed by atoms with Gasteiger partial charge in [0, 0.05) is 66.6 Å². The Morgan fingerprint density at radius 2 is 1.50 bits per heavy atom. The maximum absolute atomic E-state index is 13.3. The Balaban J connectivity index is 1.44. The van der Waals surface area contributed by atoms with Crippen LogP contribution >= 0.6 is 27.7 Å². The van der Waals surface area contributed by atoms with E-state index in [-0.39, 0.29) is 17.3 Å². The topological polar surface area (TPSA) is 62.9 Å². The standard InChI is InChI=1S/C32H27BrN2O2S/c1-3-35-29-14-8-21(31(36)25-7-5-4-6-20(25)2)18-26(29)27-19-22(9-15-30(27)35)32(37)28(34)16-17-38-24-12-10-23(33)11-13-24/h4-15,18-19,34H,3,16-17H2,1-2H3. The molecule has 1 aromatic heterocycles. The number of halogens is 1. The van der Waals surface area contributed by atoms with E-state index >= 15 is 0 Å². The molecule has 0 aliphatic carbocycles. The molecule has 4 nitrogen and oxygen atoms in total. The van der Waals surface area contributed by atoms with Crippen molar-refractivity contribution < 1.29 is 9.59 Å². The Bertz CT molecular complexity index is 1700. The fourth-order valence-electron chi connectivity index (χ4n) is 4.80. The van der Waals surface area contributed by atoms with Gasteiger partial charge in [-0.25, -0.2) is 0 Å². The molecule has 0 saturated carbocycles. The number of hydrogen-bond acceptors (Lipinski definition) is 4. The molecule has 0 radical (unpaired) electrons. The molecule has 0 saturated heterocycles. The van der Waals surface area contributed by atoms with E-state index in [2.05, 4.69) is 27.4 Å². The molecule has 0 amide bonds. The van der Waals surface area contributed by atoms with E-state index in [4.69, 9.17) is 5.41 Å². The van der Waals surface area contributed by atoms with Gasteiger partial charge in [-0.2, -0.15) is 0 Å². The number of carbonyl (C=O) groups is 2. The van der Waals surface area contributed by atoms with Crippen LogP contribution in [0.1, 0.15) is 45.2 Å². The summed E-state index contributed by atoms with van der Waals surface area (Å²) >= 11 is 5.07. The lowest BCUT2D eigenvalue weighted by molar-refractivity contribution is 0.103. The van der Waals surface area contributed by atoms with Crippen LogP contribution in [0.3, 0.4) is 0 Å². The Morgan fingerprint density at radius 3 is 2.16 bits per heavy atom. The lowest BCUT2D eigenvalue weighted by Gasteiger charge is -2.06. The van der Waals surface area contributed by atoms with Crippen LogP contribution in [0.25, 0.3) is 21.8 Å². The van der Waals surface area contributed by atoms with Crippen molar-refractivity contribution in [1.29, 1.82) is 5.41 Å². The van der Waals surface area contributed by atoms with Crippen molar-refractivity contribution in [2.45, 2.75) is 31.7 Å². The molecule has 1 heterocycles. The first kappa shape index (κ1) is 26.1. The third-order valence-electron chi connectivity index (χ3n) is 6.80. The Kier molecular flexibility index (Phi) is 7.63. The van der Waals surface area contributed by atoms with Crippen LogP contribution in [0.4, 0.5) is 0 Å². The fraction of sp³-hybridized carbons (Fsp3) is 0.156. The molecule has 0 atom stereocenters. The molecule has 0 aliphatic heterocycles. The highest BCUT2D eigenvalue weighted by Gasteiger charge is 2.18. The summed E-state index contributed by atoms with van der Waals surface area (Å²) in [6.45, 7) is 4.80. The van der Waals surface area contributed by atoms with E-state index in [0.29, 0.717) is 28.9 Å². The van der Waals surface area contributed by atoms with Crippen LogP contribution in [0.2, 0.25) is 0 Å². The molecule has 0 fully saturated rings. The minimum absolute atomic E-state index is 0.0142. The van der Waals surface area contributed by atoms with Gasteiger partial charge in [0.15, 0.2) is 5.78 Å². The molecule has 0 unspecified atom stereocenters. The molecule has 0 aliphatic rings. The van der Waals surface area contributed by atoms with Crippen molar-refractivity contribution in [2.24, 2.45) is 0 Å². The molecule has 190 valence electrons. The molecule has 6 heteroatoms. The maximum atomic E-state index is 13.3. The number of nitrogens with one attached hydrogen (secondary N) is 1. The first-order chi connectivity index (χ1) is 18.4. The quantitative estimate of drug-likeness (QED) is 0.108. The minimum Gasteiger partial charge on any atom is -0.341 e. The smallest absolute Gasteiger partial charge is 0.206 e. The number of ketones is 2. The molecule has 1 N–H and O–H groups in total. The van der Waals surface area contributed by atoms with Crippen molar-refractivity contribution >= 4 is 66.8 Å². The van der Waals surface area contributed by atoms with Crippen molar-refractivity contribution in [2.75, 3.05) is 5.75 Å². The lowest BCUT2D eigenvalue weighted by atomic mass is 9.97. The van der Waals surface area contributed by atoms with E-state index in [1.165, 1.54) is 0 Å². The molecule has 38 heavy (non-hydrogen) atoms. The number of benzene rings is 4. The number of hydrogen-bond donors (Lipinski definition) is 1. The van der Waals surface area contributed by atoms with Gasteiger partial charge in [-0.3, -0.25) is 9.59 Å². The number of carbonyl (C=O) groups excluding carboxylic acids is 2. The molecular formula is C32H27BrN2O2S. The zero-order valence-corrected chi connectivity index (χ0v) is 23.7. The fourth-order valence-corrected chi connectivity index (χ4v) is 5.93. The first-order valence-corrected chi connectivity index (χ1v) is 14.3. The summed E-state index contributed by atoms with van der Waals surface area (Å²) < 4.78 is 3.22. The first-order valence-electron chi connectivity index (χ1n) is 12.5. The summed E-state index contributed by atoms with van der Waals surface area (Å²) in [6.07, 6.45) is 0.392. The number of fused-ring (bicyclic) bond motifs is 3. The molecule has 4 aromatic carbocycles. The van der Waals surface area contributed by atoms with Gasteiger partial charge in [0.1, 0.15) is 0 Å². The van der Waals surface area contributed by atoms with Gasteiger partial charge in [0.25, 0.3) is 0 Å². The van der Waals surface area contributed by atoms with E-state index in [1.54, 1.807) is 11.8 Å². The van der Waals surface area contributed by atoms with Crippen LogP contribution in [-0.2, 0) is 6.54 Å². The normalized spacial score (nSPS) is 11.2. The highest BCUT2D eigenvalue weighted by molar-refractivity contribution is 9.10. The number of thioether (sulfide) groups is 1. The van der Waals surface area contributed by atoms with Crippen LogP contribution in [0.15, 0.2) is 94.3 Å². The average molecular weight is 584 g/mol. The lowest BCUT2D eigenvalue weighted by Crippen LogP contribution is -2.14. The van der Waals surface area contributed by atoms with Crippen molar-refractivity contribution in [3.05, 3.63) is 112 Å². The van der Waals surface area contributed by atoms with Gasteiger partial charge in [0.05, 0.1) is 5.71 Å². The minimum atomic E-state index is -0.257. The molecule has 0 bridgehead atoms. The van der Waals surface area contributed by atoms with Gasteiger partial charge >= 0.3 is 0 Å². The van der Waals surface area contributed by atoms with Gasteiger partial charge < -0.3 is 9.98 Å². The Hall–Kier alpha value is -3.48. The highest BCUT2D eigenvalue weighted by atomic mass is 79.9. The highest BCUT2D eigenvalue weighted by Crippen LogP contribution is 2.32. The number of nitrogens with zero attached hydrogens (tertiary/aromatic N) is 1. The van der Waals surface area contributed by atoms with Crippen molar-refractivity contribution in [3.8, 4) is 0 Å². The van der Waals surface area contributed by atoms with Crippen LogP contribution in [0, 0.1) is 12.3 Å². The summed E-state index contributed by atoms with van der Waals surface area (Å²) in [5.41, 5.74) is 4.89.